The fourth-order valence-corrected chi connectivity index (χ4v) is 2.07. The molecule has 0 unspecified atom stereocenters. The van der Waals surface area contributed by atoms with E-state index in [9.17, 15) is 9.59 Å². The summed E-state index contributed by atoms with van der Waals surface area (Å²) in [7, 11) is 3.35. The lowest BCUT2D eigenvalue weighted by atomic mass is 10.1. The van der Waals surface area contributed by atoms with Crippen molar-refractivity contribution in [3.8, 4) is 5.75 Å². The molecule has 1 aromatic heterocycles. The maximum atomic E-state index is 12.2. The molecule has 1 N–H and O–H groups in total. The number of aromatic nitrogens is 1. The van der Waals surface area contributed by atoms with Crippen LogP contribution in [0.1, 0.15) is 21.7 Å². The zero-order valence-corrected chi connectivity index (χ0v) is 12.9. The second-order valence-corrected chi connectivity index (χ2v) is 4.84. The smallest absolute Gasteiger partial charge is 0.328 e. The number of benzene rings is 1. The van der Waals surface area contributed by atoms with E-state index in [0.29, 0.717) is 11.3 Å². The van der Waals surface area contributed by atoms with Crippen molar-refractivity contribution in [3.63, 3.8) is 0 Å². The standard InChI is InChI=1S/C18H17NO4/c1-19-14(6-7-15(19)9-11-18(21)22)8-10-17(20)13-4-3-5-16(12-13)23-2/h3-12H,1-2H3,(H,21,22)/b10-8+,11-9+. The van der Waals surface area contributed by atoms with E-state index in [0.717, 1.165) is 17.5 Å². The molecule has 1 aromatic carbocycles. The minimum Gasteiger partial charge on any atom is -0.497 e. The lowest BCUT2D eigenvalue weighted by Gasteiger charge is -2.02. The van der Waals surface area contributed by atoms with Crippen molar-refractivity contribution in [2.45, 2.75) is 0 Å². The predicted octanol–water partition coefficient (Wildman–Crippen LogP) is 3.03. The van der Waals surface area contributed by atoms with Gasteiger partial charge in [0.15, 0.2) is 5.78 Å². The van der Waals surface area contributed by atoms with E-state index in [1.807, 2.05) is 6.07 Å². The first-order chi connectivity index (χ1) is 11.0. The highest BCUT2D eigenvalue weighted by atomic mass is 16.5. The van der Waals surface area contributed by atoms with Crippen LogP contribution in [0.3, 0.4) is 0 Å². The van der Waals surface area contributed by atoms with Crippen molar-refractivity contribution in [1.82, 2.24) is 4.57 Å². The normalized spacial score (nSPS) is 11.2. The van der Waals surface area contributed by atoms with Crippen LogP contribution in [-0.4, -0.2) is 28.5 Å². The highest BCUT2D eigenvalue weighted by Crippen LogP contribution is 2.15. The molecule has 2 rings (SSSR count). The molecular formula is C18H17NO4. The number of rotatable bonds is 6. The molecule has 0 atom stereocenters. The largest absolute Gasteiger partial charge is 0.497 e. The Morgan fingerprint density at radius 1 is 1.09 bits per heavy atom. The molecule has 118 valence electrons. The van der Waals surface area contributed by atoms with Crippen LogP contribution in [0.2, 0.25) is 0 Å². The summed E-state index contributed by atoms with van der Waals surface area (Å²) in [6.45, 7) is 0. The Morgan fingerprint density at radius 3 is 2.35 bits per heavy atom. The fourth-order valence-electron chi connectivity index (χ4n) is 2.07. The summed E-state index contributed by atoms with van der Waals surface area (Å²) < 4.78 is 6.90. The van der Waals surface area contributed by atoms with E-state index in [1.165, 1.54) is 12.2 Å². The van der Waals surface area contributed by atoms with Crippen molar-refractivity contribution in [2.24, 2.45) is 7.05 Å². The number of hydrogen-bond donors (Lipinski definition) is 1. The summed E-state index contributed by atoms with van der Waals surface area (Å²) in [5.74, 6) is -0.506. The predicted molar refractivity (Wildman–Crippen MR) is 88.4 cm³/mol. The second kappa shape index (κ2) is 7.26. The monoisotopic (exact) mass is 311 g/mol. The molecule has 0 saturated heterocycles. The van der Waals surface area contributed by atoms with Gasteiger partial charge in [-0.3, -0.25) is 4.79 Å². The van der Waals surface area contributed by atoms with Gasteiger partial charge in [0, 0.05) is 30.1 Å². The second-order valence-electron chi connectivity index (χ2n) is 4.84. The minimum atomic E-state index is -1.00. The number of hydrogen-bond acceptors (Lipinski definition) is 3. The number of ketones is 1. The van der Waals surface area contributed by atoms with Crippen LogP contribution in [0.15, 0.2) is 48.6 Å². The summed E-state index contributed by atoms with van der Waals surface area (Å²) in [5, 5.41) is 8.65. The zero-order valence-electron chi connectivity index (χ0n) is 12.9. The van der Waals surface area contributed by atoms with Gasteiger partial charge in [-0.2, -0.15) is 0 Å². The first kappa shape index (κ1) is 16.3. The molecule has 0 aliphatic heterocycles. The Balaban J connectivity index is 2.16. The van der Waals surface area contributed by atoms with Crippen LogP contribution < -0.4 is 4.74 Å². The molecular weight excluding hydrogens is 294 g/mol. The first-order valence-corrected chi connectivity index (χ1v) is 6.94. The van der Waals surface area contributed by atoms with Gasteiger partial charge in [0.1, 0.15) is 5.75 Å². The van der Waals surface area contributed by atoms with Gasteiger partial charge in [-0.1, -0.05) is 12.1 Å². The average molecular weight is 311 g/mol. The Kier molecular flexibility index (Phi) is 5.15. The van der Waals surface area contributed by atoms with Gasteiger partial charge in [0.25, 0.3) is 0 Å². The van der Waals surface area contributed by atoms with Crippen molar-refractivity contribution in [3.05, 3.63) is 65.5 Å². The number of aliphatic carboxylic acids is 1. The molecule has 0 aliphatic rings. The van der Waals surface area contributed by atoms with E-state index in [1.54, 1.807) is 55.1 Å². The fraction of sp³-hybridized carbons (Fsp3) is 0.111. The zero-order chi connectivity index (χ0) is 16.8. The first-order valence-electron chi connectivity index (χ1n) is 6.94. The molecule has 0 amide bonds. The molecule has 1 heterocycles. The van der Waals surface area contributed by atoms with Crippen molar-refractivity contribution in [2.75, 3.05) is 7.11 Å². The number of ether oxygens (including phenoxy) is 1. The van der Waals surface area contributed by atoms with E-state index in [4.69, 9.17) is 9.84 Å². The van der Waals surface area contributed by atoms with Gasteiger partial charge in [-0.25, -0.2) is 4.79 Å². The number of carbonyl (C=O) groups excluding carboxylic acids is 1. The van der Waals surface area contributed by atoms with Crippen molar-refractivity contribution in [1.29, 1.82) is 0 Å². The maximum Gasteiger partial charge on any atom is 0.328 e. The minimum absolute atomic E-state index is 0.132. The highest BCUT2D eigenvalue weighted by molar-refractivity contribution is 6.07. The molecule has 5 nitrogen and oxygen atoms in total. The molecule has 0 spiro atoms. The molecule has 0 aliphatic carbocycles. The summed E-state index contributed by atoms with van der Waals surface area (Å²) in [6.07, 6.45) is 5.75. The number of allylic oxidation sites excluding steroid dienone is 1. The molecule has 5 heteroatoms. The number of carboxylic acid groups (broad SMARTS) is 1. The lowest BCUT2D eigenvalue weighted by molar-refractivity contribution is -0.131. The van der Waals surface area contributed by atoms with Crippen LogP contribution in [0, 0.1) is 0 Å². The van der Waals surface area contributed by atoms with Crippen LogP contribution in [0.4, 0.5) is 0 Å². The molecule has 0 bridgehead atoms. The number of carbonyl (C=O) groups is 2. The van der Waals surface area contributed by atoms with Gasteiger partial charge in [0.05, 0.1) is 7.11 Å². The topological polar surface area (TPSA) is 68.5 Å². The van der Waals surface area contributed by atoms with Crippen LogP contribution in [0.5, 0.6) is 5.75 Å². The Bertz CT molecular complexity index is 784. The van der Waals surface area contributed by atoms with Crippen molar-refractivity contribution >= 4 is 23.9 Å². The summed E-state index contributed by atoms with van der Waals surface area (Å²) in [4.78, 5) is 22.7. The van der Waals surface area contributed by atoms with E-state index < -0.39 is 5.97 Å². The van der Waals surface area contributed by atoms with E-state index in [-0.39, 0.29) is 5.78 Å². The molecule has 0 saturated carbocycles. The van der Waals surface area contributed by atoms with Crippen LogP contribution in [0.25, 0.3) is 12.2 Å². The van der Waals surface area contributed by atoms with Gasteiger partial charge in [0.2, 0.25) is 0 Å². The Labute approximate surface area is 134 Å². The van der Waals surface area contributed by atoms with E-state index in [2.05, 4.69) is 0 Å². The average Bonchev–Trinajstić information content (AvgIpc) is 2.90. The van der Waals surface area contributed by atoms with E-state index >= 15 is 0 Å². The van der Waals surface area contributed by atoms with Gasteiger partial charge < -0.3 is 14.4 Å². The Morgan fingerprint density at radius 2 is 1.74 bits per heavy atom. The molecule has 2 aromatic rings. The third kappa shape index (κ3) is 4.20. The maximum absolute atomic E-state index is 12.2. The lowest BCUT2D eigenvalue weighted by Crippen LogP contribution is -1.97. The van der Waals surface area contributed by atoms with Gasteiger partial charge >= 0.3 is 5.97 Å². The van der Waals surface area contributed by atoms with Crippen LogP contribution in [-0.2, 0) is 11.8 Å². The van der Waals surface area contributed by atoms with Gasteiger partial charge in [-0.05, 0) is 42.5 Å². The van der Waals surface area contributed by atoms with Crippen molar-refractivity contribution < 1.29 is 19.4 Å². The molecule has 23 heavy (non-hydrogen) atoms. The molecule has 0 fully saturated rings. The van der Waals surface area contributed by atoms with Gasteiger partial charge in [-0.15, -0.1) is 0 Å². The third-order valence-corrected chi connectivity index (χ3v) is 3.36. The van der Waals surface area contributed by atoms with Crippen LogP contribution >= 0.6 is 0 Å². The quantitative estimate of drug-likeness (QED) is 0.657. The number of methoxy groups -OCH3 is 1. The highest BCUT2D eigenvalue weighted by Gasteiger charge is 2.04. The third-order valence-electron chi connectivity index (χ3n) is 3.36. The number of nitrogens with zero attached hydrogens (tertiary/aromatic N) is 1. The number of carboxylic acids is 1. The summed E-state index contributed by atoms with van der Waals surface area (Å²) >= 11 is 0. The Hall–Kier alpha value is -3.08. The summed E-state index contributed by atoms with van der Waals surface area (Å²) in [5.41, 5.74) is 2.08. The summed E-state index contributed by atoms with van der Waals surface area (Å²) in [6, 6.07) is 10.5. The molecule has 0 radical (unpaired) electrons. The SMILES string of the molecule is COc1cccc(C(=O)/C=C/c2ccc(/C=C/C(=O)O)n2C)c1.